The van der Waals surface area contributed by atoms with Crippen LogP contribution in [0.1, 0.15) is 41.0 Å². The summed E-state index contributed by atoms with van der Waals surface area (Å²) in [6.45, 7) is 9.38. The second-order valence-corrected chi connectivity index (χ2v) is 7.91. The van der Waals surface area contributed by atoms with Crippen molar-refractivity contribution in [2.75, 3.05) is 21.2 Å². The van der Waals surface area contributed by atoms with Crippen molar-refractivity contribution in [1.82, 2.24) is 15.7 Å². The Bertz CT molecular complexity index is 471. The average molecular weight is 359 g/mol. The number of hydrogen-bond donors (Lipinski definition) is 3. The molecule has 0 aromatic heterocycles. The van der Waals surface area contributed by atoms with Crippen LogP contribution in [0.25, 0.3) is 0 Å². The second kappa shape index (κ2) is 9.72. The smallest absolute Gasteiger partial charge is 0.273 e. The van der Waals surface area contributed by atoms with E-state index in [1.54, 1.807) is 14.1 Å². The molecule has 0 aliphatic heterocycles. The number of carbonyl (C=O) groups excluding carboxylic acids is 3. The lowest BCUT2D eigenvalue weighted by Crippen LogP contribution is -2.56. The lowest BCUT2D eigenvalue weighted by Gasteiger charge is -2.34. The van der Waals surface area contributed by atoms with Gasteiger partial charge in [-0.25, -0.2) is 5.48 Å². The predicted octanol–water partition coefficient (Wildman–Crippen LogP) is 0.788. The number of carbonyl (C=O) groups is 3. The summed E-state index contributed by atoms with van der Waals surface area (Å²) in [7, 11) is 4.54. The first-order valence-corrected chi connectivity index (χ1v) is 8.35. The molecule has 0 spiro atoms. The van der Waals surface area contributed by atoms with Crippen molar-refractivity contribution in [1.29, 1.82) is 0 Å². The lowest BCUT2D eigenvalue weighted by atomic mass is 9.84. The summed E-state index contributed by atoms with van der Waals surface area (Å²) in [5.41, 5.74) is 1.02. The maximum atomic E-state index is 12.9. The summed E-state index contributed by atoms with van der Waals surface area (Å²) in [5.74, 6) is -2.21. The zero-order chi connectivity index (χ0) is 19.9. The van der Waals surface area contributed by atoms with E-state index in [2.05, 4.69) is 5.32 Å². The van der Waals surface area contributed by atoms with Crippen LogP contribution in [0.3, 0.4) is 0 Å². The molecule has 8 nitrogen and oxygen atoms in total. The molecule has 0 rings (SSSR count). The Labute approximate surface area is 150 Å². The number of hydroxylamine groups is 1. The Balaban J connectivity index is 5.61. The highest BCUT2D eigenvalue weighted by molar-refractivity contribution is 5.92. The minimum Gasteiger partial charge on any atom is -0.371 e. The van der Waals surface area contributed by atoms with Crippen LogP contribution >= 0.6 is 0 Å². The van der Waals surface area contributed by atoms with Gasteiger partial charge in [0.25, 0.3) is 5.91 Å². The molecule has 0 aromatic carbocycles. The van der Waals surface area contributed by atoms with Gasteiger partial charge in [-0.2, -0.15) is 0 Å². The minimum absolute atomic E-state index is 0.109. The van der Waals surface area contributed by atoms with E-state index in [1.165, 1.54) is 17.5 Å². The maximum absolute atomic E-state index is 12.9. The van der Waals surface area contributed by atoms with Gasteiger partial charge in [-0.05, 0) is 17.8 Å². The Morgan fingerprint density at radius 2 is 1.64 bits per heavy atom. The van der Waals surface area contributed by atoms with Crippen LogP contribution in [-0.2, 0) is 19.1 Å². The van der Waals surface area contributed by atoms with E-state index >= 15 is 0 Å². The molecule has 0 fully saturated rings. The molecule has 146 valence electrons. The molecule has 0 aliphatic carbocycles. The van der Waals surface area contributed by atoms with Gasteiger partial charge in [0.1, 0.15) is 12.1 Å². The molecular weight excluding hydrogens is 326 g/mol. The van der Waals surface area contributed by atoms with Gasteiger partial charge in [0, 0.05) is 21.2 Å². The number of hydrogen-bond acceptors (Lipinski definition) is 5. The molecule has 8 heteroatoms. The van der Waals surface area contributed by atoms with Gasteiger partial charge in [-0.1, -0.05) is 34.6 Å². The Morgan fingerprint density at radius 3 is 1.96 bits per heavy atom. The van der Waals surface area contributed by atoms with Crippen LogP contribution in [0, 0.1) is 17.3 Å². The Morgan fingerprint density at radius 1 is 1.12 bits per heavy atom. The maximum Gasteiger partial charge on any atom is 0.273 e. The molecule has 3 atom stereocenters. The van der Waals surface area contributed by atoms with Crippen molar-refractivity contribution in [2.45, 2.75) is 53.2 Å². The zero-order valence-electron chi connectivity index (χ0n) is 16.5. The number of ether oxygens (including phenoxy) is 1. The molecular formula is C17H33N3O5. The number of nitrogens with zero attached hydrogens (tertiary/aromatic N) is 1. The average Bonchev–Trinajstić information content (AvgIpc) is 2.49. The van der Waals surface area contributed by atoms with Crippen LogP contribution in [-0.4, -0.2) is 61.2 Å². The third-order valence-electron chi connectivity index (χ3n) is 3.89. The summed E-state index contributed by atoms with van der Waals surface area (Å²) in [6.07, 6.45) is -0.785. The molecule has 0 bridgehead atoms. The van der Waals surface area contributed by atoms with Crippen LogP contribution < -0.4 is 10.8 Å². The van der Waals surface area contributed by atoms with E-state index in [9.17, 15) is 14.4 Å². The quantitative estimate of drug-likeness (QED) is 0.439. The van der Waals surface area contributed by atoms with E-state index in [0.717, 1.165) is 0 Å². The number of nitrogens with one attached hydrogen (secondary N) is 2. The van der Waals surface area contributed by atoms with Gasteiger partial charge in [0.15, 0.2) is 0 Å². The Hall–Kier alpha value is -1.67. The minimum atomic E-state index is -1.15. The highest BCUT2D eigenvalue weighted by Crippen LogP contribution is 2.24. The highest BCUT2D eigenvalue weighted by Gasteiger charge is 2.39. The number of rotatable bonds is 8. The van der Waals surface area contributed by atoms with E-state index in [-0.39, 0.29) is 11.8 Å². The molecule has 0 unspecified atom stereocenters. The van der Waals surface area contributed by atoms with E-state index in [0.29, 0.717) is 6.42 Å². The second-order valence-electron chi connectivity index (χ2n) is 7.91. The normalized spacial score (nSPS) is 15.3. The van der Waals surface area contributed by atoms with Crippen LogP contribution in [0.15, 0.2) is 0 Å². The predicted molar refractivity (Wildman–Crippen MR) is 93.8 cm³/mol. The van der Waals surface area contributed by atoms with Crippen molar-refractivity contribution >= 4 is 17.7 Å². The largest absolute Gasteiger partial charge is 0.371 e. The molecule has 0 radical (unpaired) electrons. The molecule has 0 heterocycles. The zero-order valence-corrected chi connectivity index (χ0v) is 16.5. The lowest BCUT2D eigenvalue weighted by molar-refractivity contribution is -0.150. The first-order valence-electron chi connectivity index (χ1n) is 8.35. The van der Waals surface area contributed by atoms with Crippen molar-refractivity contribution < 1.29 is 24.3 Å². The standard InChI is InChI=1S/C17H33N3O5/c1-10(2)9-11(12(25-8)15(22)19-24)14(21)18-13(17(3,4)5)16(23)20(6)7/h10-13,24H,9H2,1-8H3,(H,18,21)(H,19,22)/t11-,12+,13-/m1/s1. The molecule has 0 aromatic rings. The summed E-state index contributed by atoms with van der Waals surface area (Å²) in [5, 5.41) is 11.7. The summed E-state index contributed by atoms with van der Waals surface area (Å²) >= 11 is 0. The van der Waals surface area contributed by atoms with Gasteiger partial charge in [0.2, 0.25) is 11.8 Å². The van der Waals surface area contributed by atoms with Crippen molar-refractivity contribution in [3.05, 3.63) is 0 Å². The Kier molecular flexibility index (Phi) is 9.07. The number of amides is 3. The van der Waals surface area contributed by atoms with Gasteiger partial charge < -0.3 is 15.0 Å². The summed E-state index contributed by atoms with van der Waals surface area (Å²) in [6, 6.07) is -0.751. The fourth-order valence-electron chi connectivity index (χ4n) is 2.55. The van der Waals surface area contributed by atoms with Gasteiger partial charge >= 0.3 is 0 Å². The third kappa shape index (κ3) is 6.99. The van der Waals surface area contributed by atoms with Crippen LogP contribution in [0.2, 0.25) is 0 Å². The first-order chi connectivity index (χ1) is 11.4. The van der Waals surface area contributed by atoms with Crippen LogP contribution in [0.4, 0.5) is 0 Å². The van der Waals surface area contributed by atoms with E-state index < -0.39 is 35.3 Å². The molecule has 0 aliphatic rings. The molecule has 25 heavy (non-hydrogen) atoms. The first kappa shape index (κ1) is 23.3. The third-order valence-corrected chi connectivity index (χ3v) is 3.89. The molecule has 0 saturated heterocycles. The van der Waals surface area contributed by atoms with Gasteiger partial charge in [-0.3, -0.25) is 19.6 Å². The number of methoxy groups -OCH3 is 1. The molecule has 0 saturated carbocycles. The molecule has 3 N–H and O–H groups in total. The van der Waals surface area contributed by atoms with Crippen molar-refractivity contribution in [3.8, 4) is 0 Å². The van der Waals surface area contributed by atoms with E-state index in [4.69, 9.17) is 9.94 Å². The van der Waals surface area contributed by atoms with Gasteiger partial charge in [-0.15, -0.1) is 0 Å². The van der Waals surface area contributed by atoms with Crippen molar-refractivity contribution in [2.24, 2.45) is 17.3 Å². The SMILES string of the molecule is CO[C@H](C(=O)NO)[C@@H](CC(C)C)C(=O)N[C@H](C(=O)N(C)C)C(C)(C)C. The topological polar surface area (TPSA) is 108 Å². The summed E-state index contributed by atoms with van der Waals surface area (Å²) < 4.78 is 5.13. The van der Waals surface area contributed by atoms with Crippen LogP contribution in [0.5, 0.6) is 0 Å². The fraction of sp³-hybridized carbons (Fsp3) is 0.824. The molecule has 3 amide bonds. The van der Waals surface area contributed by atoms with E-state index in [1.807, 2.05) is 34.6 Å². The van der Waals surface area contributed by atoms with Gasteiger partial charge in [0.05, 0.1) is 5.92 Å². The highest BCUT2D eigenvalue weighted by atomic mass is 16.5. The monoisotopic (exact) mass is 359 g/mol. The summed E-state index contributed by atoms with van der Waals surface area (Å²) in [4.78, 5) is 38.6. The number of likely N-dealkylation sites (N-methyl/N-ethyl adjacent to an activating group) is 1. The fourth-order valence-corrected chi connectivity index (χ4v) is 2.55. The van der Waals surface area contributed by atoms with Crippen molar-refractivity contribution in [3.63, 3.8) is 0 Å².